The van der Waals surface area contributed by atoms with E-state index < -0.39 is 17.7 Å². The zero-order valence-electron chi connectivity index (χ0n) is 27.9. The standard InChI is InChI=1S/C38H47N5O3/c1-8-10-13-27-16-20-39-25-30(27)28-14-12-15-29(23-28)31-24-32-40-26(3)33(34(36(44)45)46-37(4,5)6)35(43(32)41-31)42-21-18-38(7,19-22-42)17-11-9-2/h8-9,12,14-16,20,23-25,34H,1-2,10-11,13,17-19,21-22H2,3-7H3,(H,44,45). The fourth-order valence-corrected chi connectivity index (χ4v) is 6.42. The van der Waals surface area contributed by atoms with E-state index in [1.165, 1.54) is 5.56 Å². The highest BCUT2D eigenvalue weighted by atomic mass is 16.5. The second-order valence-electron chi connectivity index (χ2n) is 13.7. The van der Waals surface area contributed by atoms with Crippen molar-refractivity contribution in [2.24, 2.45) is 5.41 Å². The summed E-state index contributed by atoms with van der Waals surface area (Å²) in [7, 11) is 0. The molecule has 8 nitrogen and oxygen atoms in total. The number of ether oxygens (including phenoxy) is 1. The Balaban J connectivity index is 1.63. The van der Waals surface area contributed by atoms with Crippen molar-refractivity contribution < 1.29 is 14.6 Å². The molecular weight excluding hydrogens is 574 g/mol. The maximum atomic E-state index is 12.8. The summed E-state index contributed by atoms with van der Waals surface area (Å²) in [5.74, 6) is -0.302. The Morgan fingerprint density at radius 2 is 1.83 bits per heavy atom. The van der Waals surface area contributed by atoms with Crippen molar-refractivity contribution in [3.8, 4) is 22.4 Å². The van der Waals surface area contributed by atoms with Crippen LogP contribution in [0.4, 0.5) is 5.82 Å². The number of aryl methyl sites for hydroxylation is 2. The van der Waals surface area contributed by atoms with Crippen molar-refractivity contribution in [2.45, 2.75) is 84.8 Å². The molecule has 1 aliphatic heterocycles. The van der Waals surface area contributed by atoms with Gasteiger partial charge in [-0.05, 0) is 94.9 Å². The largest absolute Gasteiger partial charge is 0.479 e. The number of pyridine rings is 1. The SMILES string of the molecule is C=CCCc1ccncc1-c1cccc(-c2cc3nc(C)c(C(OC(C)(C)C)C(=O)O)c(N4CCC(C)(CCC=C)CC4)n3n2)c1. The summed E-state index contributed by atoms with van der Waals surface area (Å²) in [6.45, 7) is 19.2. The van der Waals surface area contributed by atoms with Gasteiger partial charge in [-0.1, -0.05) is 37.3 Å². The second-order valence-corrected chi connectivity index (χ2v) is 13.7. The summed E-state index contributed by atoms with van der Waals surface area (Å²) < 4.78 is 8.04. The highest BCUT2D eigenvalue weighted by Gasteiger charge is 2.37. The Hall–Kier alpha value is -4.30. The van der Waals surface area contributed by atoms with Crippen LogP contribution < -0.4 is 4.90 Å². The Morgan fingerprint density at radius 1 is 1.11 bits per heavy atom. The van der Waals surface area contributed by atoms with Crippen molar-refractivity contribution in [2.75, 3.05) is 18.0 Å². The lowest BCUT2D eigenvalue weighted by Gasteiger charge is -2.41. The molecule has 1 N–H and O–H groups in total. The molecular formula is C38H47N5O3. The summed E-state index contributed by atoms with van der Waals surface area (Å²) in [5.41, 5.74) is 6.45. The summed E-state index contributed by atoms with van der Waals surface area (Å²) in [5, 5.41) is 15.6. The third-order valence-corrected chi connectivity index (χ3v) is 8.98. The van der Waals surface area contributed by atoms with Crippen LogP contribution in [0.1, 0.15) is 82.7 Å². The van der Waals surface area contributed by atoms with E-state index in [4.69, 9.17) is 14.8 Å². The second kappa shape index (κ2) is 13.6. The van der Waals surface area contributed by atoms with Crippen LogP contribution in [0.15, 0.2) is 74.1 Å². The molecule has 0 saturated carbocycles. The number of rotatable bonds is 12. The zero-order valence-corrected chi connectivity index (χ0v) is 27.9. The van der Waals surface area contributed by atoms with Crippen molar-refractivity contribution in [1.82, 2.24) is 19.6 Å². The lowest BCUT2D eigenvalue weighted by molar-refractivity contribution is -0.160. The molecule has 0 aliphatic carbocycles. The van der Waals surface area contributed by atoms with Gasteiger partial charge < -0.3 is 14.7 Å². The molecule has 4 heterocycles. The maximum absolute atomic E-state index is 12.8. The highest BCUT2D eigenvalue weighted by Crippen LogP contribution is 2.41. The highest BCUT2D eigenvalue weighted by molar-refractivity contribution is 5.79. The number of fused-ring (bicyclic) bond motifs is 1. The lowest BCUT2D eigenvalue weighted by Crippen LogP contribution is -2.41. The average Bonchev–Trinajstić information content (AvgIpc) is 3.45. The summed E-state index contributed by atoms with van der Waals surface area (Å²) >= 11 is 0. The van der Waals surface area contributed by atoms with Gasteiger partial charge in [0.05, 0.1) is 16.9 Å². The molecule has 242 valence electrons. The number of anilines is 1. The number of carbonyl (C=O) groups is 1. The van der Waals surface area contributed by atoms with Gasteiger partial charge in [0.15, 0.2) is 11.8 Å². The van der Waals surface area contributed by atoms with Gasteiger partial charge in [-0.2, -0.15) is 9.61 Å². The number of hydrogen-bond acceptors (Lipinski definition) is 6. The topological polar surface area (TPSA) is 92.8 Å². The van der Waals surface area contributed by atoms with Gasteiger partial charge in [-0.25, -0.2) is 9.78 Å². The predicted molar refractivity (Wildman–Crippen MR) is 185 cm³/mol. The molecule has 0 bridgehead atoms. The molecule has 4 aromatic rings. The predicted octanol–water partition coefficient (Wildman–Crippen LogP) is 8.40. The number of piperidine rings is 1. The van der Waals surface area contributed by atoms with Crippen LogP contribution in [0.3, 0.4) is 0 Å². The Labute approximate surface area is 272 Å². The van der Waals surface area contributed by atoms with Crippen molar-refractivity contribution in [3.63, 3.8) is 0 Å². The Morgan fingerprint density at radius 3 is 2.50 bits per heavy atom. The van der Waals surface area contributed by atoms with E-state index in [9.17, 15) is 9.90 Å². The van der Waals surface area contributed by atoms with Gasteiger partial charge in [-0.15, -0.1) is 13.2 Å². The monoisotopic (exact) mass is 621 g/mol. The van der Waals surface area contributed by atoms with Crippen LogP contribution in [0, 0.1) is 12.3 Å². The molecule has 5 rings (SSSR count). The van der Waals surface area contributed by atoms with Gasteiger partial charge in [0.2, 0.25) is 0 Å². The van der Waals surface area contributed by atoms with Crippen LogP contribution >= 0.6 is 0 Å². The fourth-order valence-electron chi connectivity index (χ4n) is 6.42. The van der Waals surface area contributed by atoms with Gasteiger partial charge in [0.1, 0.15) is 5.82 Å². The van der Waals surface area contributed by atoms with Gasteiger partial charge >= 0.3 is 5.97 Å². The van der Waals surface area contributed by atoms with Gasteiger partial charge in [-0.3, -0.25) is 4.98 Å². The number of benzene rings is 1. The summed E-state index contributed by atoms with van der Waals surface area (Å²) in [6, 6.07) is 12.4. The van der Waals surface area contributed by atoms with E-state index in [-0.39, 0.29) is 5.41 Å². The number of nitrogens with zero attached hydrogens (tertiary/aromatic N) is 5. The minimum absolute atomic E-state index is 0.201. The van der Waals surface area contributed by atoms with Crippen LogP contribution in [-0.2, 0) is 16.0 Å². The zero-order chi connectivity index (χ0) is 33.1. The minimum atomic E-state index is -1.20. The molecule has 0 amide bonds. The molecule has 0 spiro atoms. The molecule has 8 heteroatoms. The average molecular weight is 622 g/mol. The molecule has 1 aromatic carbocycles. The van der Waals surface area contributed by atoms with Crippen LogP contribution in [0.2, 0.25) is 0 Å². The third-order valence-electron chi connectivity index (χ3n) is 8.98. The van der Waals surface area contributed by atoms with Crippen LogP contribution in [0.25, 0.3) is 28.0 Å². The third kappa shape index (κ3) is 7.23. The number of aromatic nitrogens is 4. The number of allylic oxidation sites excluding steroid dienone is 2. The summed E-state index contributed by atoms with van der Waals surface area (Å²) in [4.78, 5) is 24.4. The van der Waals surface area contributed by atoms with E-state index in [0.29, 0.717) is 16.9 Å². The first kappa shape index (κ1) is 33.1. The molecule has 1 atom stereocenters. The molecule has 1 fully saturated rings. The molecule has 1 unspecified atom stereocenters. The quantitative estimate of drug-likeness (QED) is 0.159. The Kier molecular flexibility index (Phi) is 9.77. The van der Waals surface area contributed by atoms with Crippen molar-refractivity contribution in [3.05, 3.63) is 90.9 Å². The van der Waals surface area contributed by atoms with Gasteiger partial charge in [0.25, 0.3) is 0 Å². The van der Waals surface area contributed by atoms with E-state index >= 15 is 0 Å². The van der Waals surface area contributed by atoms with Crippen molar-refractivity contribution in [1.29, 1.82) is 0 Å². The molecule has 46 heavy (non-hydrogen) atoms. The normalized spacial score (nSPS) is 15.5. The first-order chi connectivity index (χ1) is 21.9. The Bertz CT molecular complexity index is 1730. The van der Waals surface area contributed by atoms with Crippen LogP contribution in [-0.4, -0.2) is 49.3 Å². The van der Waals surface area contributed by atoms with E-state index in [0.717, 1.165) is 79.8 Å². The number of carboxylic acids is 1. The van der Waals surface area contributed by atoms with E-state index in [1.807, 2.05) is 75.0 Å². The molecule has 0 radical (unpaired) electrons. The lowest BCUT2D eigenvalue weighted by atomic mass is 9.76. The molecule has 1 aliphatic rings. The van der Waals surface area contributed by atoms with E-state index in [2.05, 4.69) is 48.2 Å². The maximum Gasteiger partial charge on any atom is 0.337 e. The number of aliphatic carboxylic acids is 1. The van der Waals surface area contributed by atoms with Crippen LogP contribution in [0.5, 0.6) is 0 Å². The smallest absolute Gasteiger partial charge is 0.337 e. The number of hydrogen-bond donors (Lipinski definition) is 1. The first-order valence-electron chi connectivity index (χ1n) is 16.2. The van der Waals surface area contributed by atoms with Crippen molar-refractivity contribution >= 4 is 17.4 Å². The van der Waals surface area contributed by atoms with Gasteiger partial charge in [0, 0.05) is 48.4 Å². The molecule has 1 saturated heterocycles. The molecule has 3 aromatic heterocycles. The summed E-state index contributed by atoms with van der Waals surface area (Å²) in [6.07, 6.45) is 12.3. The minimum Gasteiger partial charge on any atom is -0.479 e. The first-order valence-corrected chi connectivity index (χ1v) is 16.2. The number of carboxylic acid groups (broad SMARTS) is 1. The van der Waals surface area contributed by atoms with E-state index in [1.54, 1.807) is 0 Å². The fraction of sp³-hybridized carbons (Fsp3) is 0.421.